The third-order valence-electron chi connectivity index (χ3n) is 6.07. The monoisotopic (exact) mass is 498 g/mol. The lowest BCUT2D eigenvalue weighted by Gasteiger charge is -2.33. The average Bonchev–Trinajstić information content (AvgIpc) is 3.34. The number of hydrogen-bond donors (Lipinski definition) is 1. The van der Waals surface area contributed by atoms with E-state index in [1.54, 1.807) is 37.7 Å². The van der Waals surface area contributed by atoms with E-state index in [2.05, 4.69) is 15.1 Å². The van der Waals surface area contributed by atoms with Gasteiger partial charge in [-0.15, -0.1) is 11.3 Å². The van der Waals surface area contributed by atoms with Crippen LogP contribution in [0.15, 0.2) is 47.8 Å². The third kappa shape index (κ3) is 7.00. The summed E-state index contributed by atoms with van der Waals surface area (Å²) in [5.41, 5.74) is 2.89. The fourth-order valence-corrected chi connectivity index (χ4v) is 4.92. The van der Waals surface area contributed by atoms with Gasteiger partial charge in [-0.1, -0.05) is 6.07 Å². The Bertz CT molecular complexity index is 1110. The maximum Gasteiger partial charge on any atom is 0.234 e. The first-order valence-electron chi connectivity index (χ1n) is 11.7. The second-order valence-corrected chi connectivity index (χ2v) is 9.42. The Balaban J connectivity index is 1.16. The van der Waals surface area contributed by atoms with E-state index in [-0.39, 0.29) is 11.7 Å². The van der Waals surface area contributed by atoms with E-state index in [9.17, 15) is 9.18 Å². The zero-order chi connectivity index (χ0) is 24.6. The fraction of sp³-hybridized carbons (Fsp3) is 0.385. The first kappa shape index (κ1) is 25.1. The van der Waals surface area contributed by atoms with Crippen LogP contribution in [0.4, 0.5) is 4.39 Å². The largest absolute Gasteiger partial charge is 0.493 e. The highest BCUT2D eigenvalue weighted by Gasteiger charge is 2.20. The molecule has 7 nitrogen and oxygen atoms in total. The molecule has 2 heterocycles. The molecule has 1 fully saturated rings. The van der Waals surface area contributed by atoms with Gasteiger partial charge in [-0.05, 0) is 48.4 Å². The van der Waals surface area contributed by atoms with E-state index in [0.29, 0.717) is 24.6 Å². The number of benzene rings is 2. The summed E-state index contributed by atoms with van der Waals surface area (Å²) in [6.45, 7) is 5.25. The predicted molar refractivity (Wildman–Crippen MR) is 135 cm³/mol. The van der Waals surface area contributed by atoms with Gasteiger partial charge in [0.15, 0.2) is 11.5 Å². The molecule has 35 heavy (non-hydrogen) atoms. The number of halogens is 1. The van der Waals surface area contributed by atoms with Gasteiger partial charge >= 0.3 is 0 Å². The molecular formula is C26H31FN4O3S. The molecule has 1 saturated heterocycles. The summed E-state index contributed by atoms with van der Waals surface area (Å²) in [7, 11) is 3.23. The SMILES string of the molecule is COc1ccc(CCNC(=O)CN2CCN(Cc3nc(-c4ccc(F)cc4)cs3)CC2)cc1OC. The minimum atomic E-state index is -0.242. The van der Waals surface area contributed by atoms with E-state index >= 15 is 0 Å². The Kier molecular flexibility index (Phi) is 8.68. The Labute approximate surface area is 209 Å². The molecule has 2 aromatic carbocycles. The zero-order valence-corrected chi connectivity index (χ0v) is 20.9. The molecular weight excluding hydrogens is 467 g/mol. The van der Waals surface area contributed by atoms with Crippen molar-refractivity contribution in [3.63, 3.8) is 0 Å². The summed E-state index contributed by atoms with van der Waals surface area (Å²) < 4.78 is 23.7. The van der Waals surface area contributed by atoms with Crippen LogP contribution in [0.25, 0.3) is 11.3 Å². The lowest BCUT2D eigenvalue weighted by Crippen LogP contribution is -2.49. The zero-order valence-electron chi connectivity index (χ0n) is 20.1. The minimum absolute atomic E-state index is 0.0442. The van der Waals surface area contributed by atoms with Crippen LogP contribution in [-0.2, 0) is 17.8 Å². The number of rotatable bonds is 10. The number of piperazine rings is 1. The van der Waals surface area contributed by atoms with Gasteiger partial charge in [0.1, 0.15) is 10.8 Å². The molecule has 0 saturated carbocycles. The molecule has 1 aromatic heterocycles. The lowest BCUT2D eigenvalue weighted by atomic mass is 10.1. The van der Waals surface area contributed by atoms with Crippen LogP contribution in [0.5, 0.6) is 11.5 Å². The average molecular weight is 499 g/mol. The Morgan fingerprint density at radius 1 is 1.03 bits per heavy atom. The van der Waals surface area contributed by atoms with Gasteiger partial charge in [0, 0.05) is 43.7 Å². The molecule has 1 amide bonds. The van der Waals surface area contributed by atoms with E-state index in [4.69, 9.17) is 14.5 Å². The Hall–Kier alpha value is -3.01. The van der Waals surface area contributed by atoms with Crippen molar-refractivity contribution in [2.45, 2.75) is 13.0 Å². The normalized spacial score (nSPS) is 14.6. The molecule has 1 aliphatic rings. The number of amides is 1. The highest BCUT2D eigenvalue weighted by Crippen LogP contribution is 2.27. The molecule has 1 aliphatic heterocycles. The van der Waals surface area contributed by atoms with Crippen LogP contribution in [0.1, 0.15) is 10.6 Å². The highest BCUT2D eigenvalue weighted by atomic mass is 32.1. The third-order valence-corrected chi connectivity index (χ3v) is 6.90. The van der Waals surface area contributed by atoms with Gasteiger partial charge in [0.25, 0.3) is 0 Å². The molecule has 3 aromatic rings. The summed E-state index contributed by atoms with van der Waals surface area (Å²) in [6, 6.07) is 12.2. The number of methoxy groups -OCH3 is 2. The molecule has 0 atom stereocenters. The quantitative estimate of drug-likeness (QED) is 0.462. The molecule has 9 heteroatoms. The first-order valence-corrected chi connectivity index (χ1v) is 12.5. The number of thiazole rings is 1. The standard InChI is InChI=1S/C26H31FN4O3S/c1-33-23-8-3-19(15-24(23)34-2)9-10-28-25(32)16-30-11-13-31(14-12-30)17-26-29-22(18-35-26)20-4-6-21(27)7-5-20/h3-8,15,18H,9-14,16-17H2,1-2H3,(H,28,32). The number of nitrogens with zero attached hydrogens (tertiary/aromatic N) is 3. The van der Waals surface area contributed by atoms with E-state index in [0.717, 1.165) is 61.0 Å². The van der Waals surface area contributed by atoms with E-state index < -0.39 is 0 Å². The van der Waals surface area contributed by atoms with Crippen molar-refractivity contribution in [3.8, 4) is 22.8 Å². The predicted octanol–water partition coefficient (Wildman–Crippen LogP) is 3.44. The van der Waals surface area contributed by atoms with Crippen molar-refractivity contribution in [2.24, 2.45) is 0 Å². The summed E-state index contributed by atoms with van der Waals surface area (Å²) in [5, 5.41) is 6.09. The molecule has 186 valence electrons. The lowest BCUT2D eigenvalue weighted by molar-refractivity contribution is -0.122. The van der Waals surface area contributed by atoms with Crippen molar-refractivity contribution in [1.82, 2.24) is 20.1 Å². The van der Waals surface area contributed by atoms with Gasteiger partial charge in [-0.2, -0.15) is 0 Å². The maximum absolute atomic E-state index is 13.1. The Morgan fingerprint density at radius 2 is 1.74 bits per heavy atom. The number of ether oxygens (including phenoxy) is 2. The van der Waals surface area contributed by atoms with E-state index in [1.807, 2.05) is 23.6 Å². The first-order chi connectivity index (χ1) is 17.0. The van der Waals surface area contributed by atoms with Crippen LogP contribution in [0, 0.1) is 5.82 Å². The molecule has 0 radical (unpaired) electrons. The number of carbonyl (C=O) groups excluding carboxylic acids is 1. The van der Waals surface area contributed by atoms with E-state index in [1.165, 1.54) is 12.1 Å². The number of nitrogens with one attached hydrogen (secondary N) is 1. The van der Waals surface area contributed by atoms with Gasteiger partial charge in [0.05, 0.1) is 33.0 Å². The second-order valence-electron chi connectivity index (χ2n) is 8.47. The molecule has 0 unspecified atom stereocenters. The summed E-state index contributed by atoms with van der Waals surface area (Å²) in [4.78, 5) is 21.7. The Morgan fingerprint density at radius 3 is 2.46 bits per heavy atom. The van der Waals surface area contributed by atoms with Crippen molar-refractivity contribution < 1.29 is 18.7 Å². The van der Waals surface area contributed by atoms with Gasteiger partial charge in [-0.3, -0.25) is 14.6 Å². The van der Waals surface area contributed by atoms with Gasteiger partial charge in [-0.25, -0.2) is 9.37 Å². The summed E-state index contributed by atoms with van der Waals surface area (Å²) >= 11 is 1.63. The van der Waals surface area contributed by atoms with Crippen molar-refractivity contribution in [3.05, 3.63) is 64.2 Å². The minimum Gasteiger partial charge on any atom is -0.493 e. The van der Waals surface area contributed by atoms with Crippen LogP contribution < -0.4 is 14.8 Å². The van der Waals surface area contributed by atoms with Crippen molar-refractivity contribution >= 4 is 17.2 Å². The molecule has 4 rings (SSSR count). The smallest absolute Gasteiger partial charge is 0.234 e. The highest BCUT2D eigenvalue weighted by molar-refractivity contribution is 7.09. The number of hydrogen-bond acceptors (Lipinski definition) is 7. The number of aromatic nitrogens is 1. The topological polar surface area (TPSA) is 66.9 Å². The van der Waals surface area contributed by atoms with Crippen LogP contribution in [0.2, 0.25) is 0 Å². The molecule has 0 spiro atoms. The maximum atomic E-state index is 13.1. The molecule has 1 N–H and O–H groups in total. The van der Waals surface area contributed by atoms with Gasteiger partial charge in [0.2, 0.25) is 5.91 Å². The van der Waals surface area contributed by atoms with Crippen molar-refractivity contribution in [2.75, 3.05) is 53.5 Å². The van der Waals surface area contributed by atoms with Gasteiger partial charge < -0.3 is 14.8 Å². The summed E-state index contributed by atoms with van der Waals surface area (Å²) in [5.74, 6) is 1.19. The fourth-order valence-electron chi connectivity index (χ4n) is 4.07. The van der Waals surface area contributed by atoms with Crippen LogP contribution in [0.3, 0.4) is 0 Å². The molecule has 0 aliphatic carbocycles. The molecule has 0 bridgehead atoms. The number of carbonyl (C=O) groups is 1. The van der Waals surface area contributed by atoms with Crippen LogP contribution in [-0.4, -0.2) is 74.2 Å². The van der Waals surface area contributed by atoms with Crippen LogP contribution >= 0.6 is 11.3 Å². The van der Waals surface area contributed by atoms with Crippen molar-refractivity contribution in [1.29, 1.82) is 0 Å². The second kappa shape index (κ2) is 12.1. The summed E-state index contributed by atoms with van der Waals surface area (Å²) in [6.07, 6.45) is 0.730.